The molecular formula is C11H18N4O. The number of nitrogens with zero attached hydrogens (tertiary/aromatic N) is 3. The molecule has 5 heteroatoms. The molecule has 1 aromatic heterocycles. The Hall–Kier alpha value is -1.20. The van der Waals surface area contributed by atoms with E-state index in [1.54, 1.807) is 6.20 Å². The zero-order valence-corrected chi connectivity index (χ0v) is 9.81. The predicted molar refractivity (Wildman–Crippen MR) is 62.5 cm³/mol. The molecule has 0 radical (unpaired) electrons. The first-order chi connectivity index (χ1) is 7.65. The summed E-state index contributed by atoms with van der Waals surface area (Å²) in [6, 6.07) is 1.88. The third kappa shape index (κ3) is 2.68. The molecule has 1 unspecified atom stereocenters. The van der Waals surface area contributed by atoms with E-state index in [-0.39, 0.29) is 5.56 Å². The van der Waals surface area contributed by atoms with Gasteiger partial charge in [0.15, 0.2) is 0 Å². The molecule has 1 fully saturated rings. The minimum atomic E-state index is -0.0724. The maximum Gasteiger partial charge on any atom is 0.250 e. The lowest BCUT2D eigenvalue weighted by atomic mass is 10.1. The van der Waals surface area contributed by atoms with E-state index in [2.05, 4.69) is 33.9 Å². The zero-order chi connectivity index (χ0) is 11.5. The molecular weight excluding hydrogens is 204 g/mol. The third-order valence-electron chi connectivity index (χ3n) is 3.13. The van der Waals surface area contributed by atoms with Crippen LogP contribution in [0.3, 0.4) is 0 Å². The zero-order valence-electron chi connectivity index (χ0n) is 9.81. The van der Waals surface area contributed by atoms with E-state index >= 15 is 0 Å². The number of piperazine rings is 1. The van der Waals surface area contributed by atoms with E-state index in [9.17, 15) is 4.79 Å². The fraction of sp³-hybridized carbons (Fsp3) is 0.636. The Morgan fingerprint density at radius 1 is 1.50 bits per heavy atom. The number of H-pyrrole nitrogens is 1. The number of hydrogen-bond donors (Lipinski definition) is 1. The second-order valence-electron chi connectivity index (χ2n) is 4.48. The molecule has 1 aliphatic rings. The molecule has 1 aromatic rings. The van der Waals surface area contributed by atoms with Gasteiger partial charge in [0.2, 0.25) is 0 Å². The molecule has 1 N–H and O–H groups in total. The molecule has 16 heavy (non-hydrogen) atoms. The van der Waals surface area contributed by atoms with Gasteiger partial charge in [-0.3, -0.25) is 4.79 Å². The van der Waals surface area contributed by atoms with Crippen molar-refractivity contribution in [2.75, 3.05) is 33.7 Å². The maximum absolute atomic E-state index is 11.2. The highest BCUT2D eigenvalue weighted by Crippen LogP contribution is 2.09. The third-order valence-corrected chi connectivity index (χ3v) is 3.13. The summed E-state index contributed by atoms with van der Waals surface area (Å²) in [5.41, 5.74) is -0.0724. The van der Waals surface area contributed by atoms with Crippen LogP contribution >= 0.6 is 0 Å². The average Bonchev–Trinajstić information content (AvgIpc) is 2.24. The van der Waals surface area contributed by atoms with E-state index < -0.39 is 0 Å². The van der Waals surface area contributed by atoms with Crippen molar-refractivity contribution in [3.8, 4) is 0 Å². The van der Waals surface area contributed by atoms with Gasteiger partial charge < -0.3 is 14.8 Å². The van der Waals surface area contributed by atoms with E-state index in [1.165, 1.54) is 6.07 Å². The van der Waals surface area contributed by atoms with Crippen LogP contribution in [0.1, 0.15) is 5.82 Å². The van der Waals surface area contributed by atoms with Gasteiger partial charge in [0.05, 0.1) is 0 Å². The predicted octanol–water partition coefficient (Wildman–Crippen LogP) is -0.442. The first kappa shape index (κ1) is 11.3. The maximum atomic E-state index is 11.2. The molecule has 1 atom stereocenters. The molecule has 88 valence electrons. The van der Waals surface area contributed by atoms with Crippen molar-refractivity contribution in [2.45, 2.75) is 12.5 Å². The molecule has 2 heterocycles. The SMILES string of the molecule is CN1CCN(C)C(Cc2nccc(=O)[nH]2)C1. The van der Waals surface area contributed by atoms with Gasteiger partial charge in [0.1, 0.15) is 5.82 Å². The van der Waals surface area contributed by atoms with Gasteiger partial charge in [-0.15, -0.1) is 0 Å². The molecule has 1 saturated heterocycles. The Morgan fingerprint density at radius 3 is 3.06 bits per heavy atom. The largest absolute Gasteiger partial charge is 0.311 e. The van der Waals surface area contributed by atoms with Crippen LogP contribution in [0.15, 0.2) is 17.1 Å². The first-order valence-electron chi connectivity index (χ1n) is 5.58. The Bertz CT molecular complexity index is 403. The lowest BCUT2D eigenvalue weighted by molar-refractivity contribution is 0.113. The lowest BCUT2D eigenvalue weighted by Crippen LogP contribution is -2.51. The van der Waals surface area contributed by atoms with Crippen LogP contribution in [0.25, 0.3) is 0 Å². The fourth-order valence-corrected chi connectivity index (χ4v) is 2.06. The summed E-state index contributed by atoms with van der Waals surface area (Å²) in [5, 5.41) is 0. The van der Waals surface area contributed by atoms with Crippen LogP contribution in [-0.4, -0.2) is 59.5 Å². The van der Waals surface area contributed by atoms with Gasteiger partial charge in [-0.25, -0.2) is 4.98 Å². The quantitative estimate of drug-likeness (QED) is 0.737. The number of nitrogens with one attached hydrogen (secondary N) is 1. The highest BCUT2D eigenvalue weighted by Gasteiger charge is 2.22. The van der Waals surface area contributed by atoms with E-state index in [0.717, 1.165) is 31.9 Å². The number of hydrogen-bond acceptors (Lipinski definition) is 4. The van der Waals surface area contributed by atoms with Gasteiger partial charge in [0, 0.05) is 44.4 Å². The Labute approximate surface area is 95.1 Å². The van der Waals surface area contributed by atoms with Crippen molar-refractivity contribution < 1.29 is 0 Å². The summed E-state index contributed by atoms with van der Waals surface area (Å²) in [6.07, 6.45) is 2.37. The van der Waals surface area contributed by atoms with Crippen LogP contribution in [0, 0.1) is 0 Å². The first-order valence-corrected chi connectivity index (χ1v) is 5.58. The van der Waals surface area contributed by atoms with Gasteiger partial charge in [-0.2, -0.15) is 0 Å². The highest BCUT2D eigenvalue weighted by molar-refractivity contribution is 4.94. The van der Waals surface area contributed by atoms with Crippen molar-refractivity contribution in [1.82, 2.24) is 19.8 Å². The summed E-state index contributed by atoms with van der Waals surface area (Å²) in [6.45, 7) is 3.19. The van der Waals surface area contributed by atoms with Crippen molar-refractivity contribution in [2.24, 2.45) is 0 Å². The number of likely N-dealkylation sites (N-methyl/N-ethyl adjacent to an activating group) is 2. The van der Waals surface area contributed by atoms with Crippen molar-refractivity contribution in [1.29, 1.82) is 0 Å². The summed E-state index contributed by atoms with van der Waals surface area (Å²) in [7, 11) is 4.25. The van der Waals surface area contributed by atoms with Crippen LogP contribution < -0.4 is 5.56 Å². The minimum Gasteiger partial charge on any atom is -0.311 e. The lowest BCUT2D eigenvalue weighted by Gasteiger charge is -2.37. The summed E-state index contributed by atoms with van der Waals surface area (Å²) in [5.74, 6) is 0.777. The summed E-state index contributed by atoms with van der Waals surface area (Å²) in [4.78, 5) is 22.8. The second-order valence-corrected chi connectivity index (χ2v) is 4.48. The van der Waals surface area contributed by atoms with E-state index in [0.29, 0.717) is 6.04 Å². The van der Waals surface area contributed by atoms with E-state index in [1.807, 2.05) is 0 Å². The fourth-order valence-electron chi connectivity index (χ4n) is 2.06. The second kappa shape index (κ2) is 4.76. The van der Waals surface area contributed by atoms with Crippen molar-refractivity contribution >= 4 is 0 Å². The minimum absolute atomic E-state index is 0.0724. The standard InChI is InChI=1S/C11H18N4O/c1-14-5-6-15(2)9(8-14)7-10-12-4-3-11(16)13-10/h3-4,9H,5-8H2,1-2H3,(H,12,13,16). The number of aromatic amines is 1. The topological polar surface area (TPSA) is 52.2 Å². The monoisotopic (exact) mass is 222 g/mol. The molecule has 5 nitrogen and oxygen atoms in total. The molecule has 0 spiro atoms. The molecule has 2 rings (SSSR count). The highest BCUT2D eigenvalue weighted by atomic mass is 16.1. The van der Waals surface area contributed by atoms with Gasteiger partial charge in [-0.05, 0) is 14.1 Å². The van der Waals surface area contributed by atoms with Crippen LogP contribution in [0.4, 0.5) is 0 Å². The van der Waals surface area contributed by atoms with Crippen molar-refractivity contribution in [3.63, 3.8) is 0 Å². The Morgan fingerprint density at radius 2 is 2.31 bits per heavy atom. The molecule has 1 aliphatic heterocycles. The Balaban J connectivity index is 2.05. The summed E-state index contributed by atoms with van der Waals surface area (Å²) >= 11 is 0. The smallest absolute Gasteiger partial charge is 0.250 e. The number of aromatic nitrogens is 2. The molecule has 0 amide bonds. The van der Waals surface area contributed by atoms with Crippen LogP contribution in [-0.2, 0) is 6.42 Å². The Kier molecular flexibility index (Phi) is 3.36. The van der Waals surface area contributed by atoms with Gasteiger partial charge in [-0.1, -0.05) is 0 Å². The van der Waals surface area contributed by atoms with Crippen LogP contribution in [0.5, 0.6) is 0 Å². The molecule has 0 aliphatic carbocycles. The van der Waals surface area contributed by atoms with Gasteiger partial charge >= 0.3 is 0 Å². The number of rotatable bonds is 2. The van der Waals surface area contributed by atoms with Gasteiger partial charge in [0.25, 0.3) is 5.56 Å². The average molecular weight is 222 g/mol. The molecule has 0 bridgehead atoms. The normalized spacial score (nSPS) is 23.5. The summed E-state index contributed by atoms with van der Waals surface area (Å²) < 4.78 is 0. The van der Waals surface area contributed by atoms with Crippen molar-refractivity contribution in [3.05, 3.63) is 28.4 Å². The molecule has 0 saturated carbocycles. The van der Waals surface area contributed by atoms with Crippen LogP contribution in [0.2, 0.25) is 0 Å². The molecule has 0 aromatic carbocycles. The van der Waals surface area contributed by atoms with E-state index in [4.69, 9.17) is 0 Å².